The molecule has 0 aliphatic heterocycles. The largest absolute Gasteiger partial charge is 0.466 e. The normalized spacial score (nSPS) is 11.7. The highest BCUT2D eigenvalue weighted by Gasteiger charge is 2.35. The second-order valence-electron chi connectivity index (χ2n) is 4.93. The SMILES string of the molecule is CCOC(=O)CCCCCc1cc(C(Cl)(Cl)Cl)[n+](C)n1C. The molecular weight excluding hydrogens is 335 g/mol. The van der Waals surface area contributed by atoms with Crippen LogP contribution in [0.25, 0.3) is 0 Å². The first-order chi connectivity index (χ1) is 9.77. The third-order valence-corrected chi connectivity index (χ3v) is 4.01. The Morgan fingerprint density at radius 2 is 2.00 bits per heavy atom. The summed E-state index contributed by atoms with van der Waals surface area (Å²) in [7, 11) is 3.80. The van der Waals surface area contributed by atoms with Crippen LogP contribution in [0.1, 0.15) is 44.0 Å². The molecule has 1 heterocycles. The fourth-order valence-corrected chi connectivity index (χ4v) is 2.71. The van der Waals surface area contributed by atoms with E-state index in [2.05, 4.69) is 0 Å². The first kappa shape index (κ1) is 18.6. The van der Waals surface area contributed by atoms with Crippen molar-refractivity contribution in [3.8, 4) is 0 Å². The molecule has 0 amide bonds. The maximum absolute atomic E-state index is 11.2. The van der Waals surface area contributed by atoms with E-state index in [9.17, 15) is 4.79 Å². The van der Waals surface area contributed by atoms with Crippen molar-refractivity contribution >= 4 is 40.8 Å². The molecule has 0 atom stereocenters. The zero-order valence-corrected chi connectivity index (χ0v) is 14.9. The number of carbonyl (C=O) groups is 1. The van der Waals surface area contributed by atoms with Gasteiger partial charge in [-0.1, -0.05) is 41.2 Å². The van der Waals surface area contributed by atoms with Gasteiger partial charge in [-0.2, -0.15) is 4.68 Å². The number of aromatic nitrogens is 2. The second kappa shape index (κ2) is 8.25. The fraction of sp³-hybridized carbons (Fsp3) is 0.714. The molecule has 0 saturated carbocycles. The predicted octanol–water partition coefficient (Wildman–Crippen LogP) is 3.34. The van der Waals surface area contributed by atoms with Crippen LogP contribution in [-0.4, -0.2) is 17.3 Å². The molecule has 0 aromatic carbocycles. The van der Waals surface area contributed by atoms with Gasteiger partial charge >= 0.3 is 5.97 Å². The molecule has 0 radical (unpaired) electrons. The Kier molecular flexibility index (Phi) is 7.31. The van der Waals surface area contributed by atoms with Crippen molar-refractivity contribution in [2.45, 2.75) is 42.8 Å². The number of hydrogen-bond acceptors (Lipinski definition) is 2. The van der Waals surface area contributed by atoms with E-state index in [4.69, 9.17) is 39.5 Å². The number of halogens is 3. The average molecular weight is 357 g/mol. The van der Waals surface area contributed by atoms with Gasteiger partial charge < -0.3 is 4.74 Å². The minimum absolute atomic E-state index is 0.124. The van der Waals surface area contributed by atoms with Gasteiger partial charge in [-0.3, -0.25) is 4.79 Å². The Bertz CT molecular complexity index is 481. The first-order valence-electron chi connectivity index (χ1n) is 7.05. The minimum atomic E-state index is -1.42. The van der Waals surface area contributed by atoms with E-state index in [0.29, 0.717) is 18.7 Å². The number of nitrogens with zero attached hydrogens (tertiary/aromatic N) is 2. The van der Waals surface area contributed by atoms with Gasteiger partial charge in [0.25, 0.3) is 9.49 Å². The Labute approximate surface area is 140 Å². The Morgan fingerprint density at radius 3 is 2.52 bits per heavy atom. The highest BCUT2D eigenvalue weighted by Crippen LogP contribution is 2.36. The van der Waals surface area contributed by atoms with Crippen molar-refractivity contribution in [1.29, 1.82) is 0 Å². The van der Waals surface area contributed by atoms with Crippen molar-refractivity contribution in [2.75, 3.05) is 6.61 Å². The number of esters is 1. The Balaban J connectivity index is 2.45. The van der Waals surface area contributed by atoms with Crippen LogP contribution in [0.3, 0.4) is 0 Å². The molecule has 21 heavy (non-hydrogen) atoms. The zero-order valence-electron chi connectivity index (χ0n) is 12.7. The molecule has 0 bridgehead atoms. The molecule has 0 unspecified atom stereocenters. The Hall–Kier alpha value is -0.450. The van der Waals surface area contributed by atoms with Gasteiger partial charge in [-0.25, -0.2) is 0 Å². The van der Waals surface area contributed by atoms with E-state index in [1.807, 2.05) is 36.4 Å². The molecule has 1 rings (SSSR count). The monoisotopic (exact) mass is 355 g/mol. The highest BCUT2D eigenvalue weighted by atomic mass is 35.6. The first-order valence-corrected chi connectivity index (χ1v) is 8.18. The van der Waals surface area contributed by atoms with E-state index in [-0.39, 0.29) is 5.97 Å². The summed E-state index contributed by atoms with van der Waals surface area (Å²) in [5, 5.41) is 0. The number of aryl methyl sites for hydroxylation is 1. The van der Waals surface area contributed by atoms with Gasteiger partial charge in [0.2, 0.25) is 0 Å². The van der Waals surface area contributed by atoms with Crippen LogP contribution < -0.4 is 4.68 Å². The summed E-state index contributed by atoms with van der Waals surface area (Å²) in [6.45, 7) is 2.26. The van der Waals surface area contributed by atoms with Crippen molar-refractivity contribution in [3.05, 3.63) is 17.5 Å². The van der Waals surface area contributed by atoms with E-state index in [1.165, 1.54) is 0 Å². The summed E-state index contributed by atoms with van der Waals surface area (Å²) in [5.74, 6) is -0.124. The van der Waals surface area contributed by atoms with E-state index in [1.54, 1.807) is 0 Å². The van der Waals surface area contributed by atoms with Crippen LogP contribution in [0.15, 0.2) is 6.07 Å². The summed E-state index contributed by atoms with van der Waals surface area (Å²) in [6.07, 6.45) is 4.15. The molecule has 4 nitrogen and oxygen atoms in total. The van der Waals surface area contributed by atoms with Crippen LogP contribution in [0.2, 0.25) is 0 Å². The average Bonchev–Trinajstić information content (AvgIpc) is 2.66. The molecule has 1 aromatic heterocycles. The summed E-state index contributed by atoms with van der Waals surface area (Å²) >= 11 is 17.8. The Morgan fingerprint density at radius 1 is 1.33 bits per heavy atom. The van der Waals surface area contributed by atoms with Gasteiger partial charge in [0.15, 0.2) is 7.05 Å². The van der Waals surface area contributed by atoms with Gasteiger partial charge in [-0.05, 0) is 26.2 Å². The van der Waals surface area contributed by atoms with Crippen LogP contribution in [0.5, 0.6) is 0 Å². The molecule has 0 aliphatic rings. The van der Waals surface area contributed by atoms with Crippen molar-refractivity contribution < 1.29 is 14.2 Å². The quantitative estimate of drug-likeness (QED) is 0.325. The predicted molar refractivity (Wildman–Crippen MR) is 84.6 cm³/mol. The summed E-state index contributed by atoms with van der Waals surface area (Å²) in [4.78, 5) is 11.2. The molecule has 0 aliphatic carbocycles. The molecular formula is C14H22Cl3N2O2+. The summed E-state index contributed by atoms with van der Waals surface area (Å²) in [6, 6.07) is 1.92. The third-order valence-electron chi connectivity index (χ3n) is 3.43. The van der Waals surface area contributed by atoms with Crippen molar-refractivity contribution in [3.63, 3.8) is 0 Å². The van der Waals surface area contributed by atoms with Gasteiger partial charge in [0, 0.05) is 12.5 Å². The van der Waals surface area contributed by atoms with E-state index in [0.717, 1.165) is 31.4 Å². The third kappa shape index (κ3) is 5.68. The van der Waals surface area contributed by atoms with E-state index < -0.39 is 3.79 Å². The van der Waals surface area contributed by atoms with E-state index >= 15 is 0 Å². The lowest BCUT2D eigenvalue weighted by atomic mass is 10.1. The molecule has 7 heteroatoms. The maximum atomic E-state index is 11.2. The second-order valence-corrected chi connectivity index (χ2v) is 7.21. The molecule has 0 fully saturated rings. The lowest BCUT2D eigenvalue weighted by Gasteiger charge is -2.03. The molecule has 0 saturated heterocycles. The summed E-state index contributed by atoms with van der Waals surface area (Å²) < 4.78 is 7.28. The molecule has 1 aromatic rings. The fourth-order valence-electron chi connectivity index (χ4n) is 2.18. The highest BCUT2D eigenvalue weighted by molar-refractivity contribution is 6.66. The van der Waals surface area contributed by atoms with Crippen LogP contribution in [-0.2, 0) is 33.8 Å². The maximum Gasteiger partial charge on any atom is 0.305 e. The van der Waals surface area contributed by atoms with Crippen LogP contribution >= 0.6 is 34.8 Å². The molecule has 0 N–H and O–H groups in total. The van der Waals surface area contributed by atoms with Gasteiger partial charge in [0.1, 0.15) is 0 Å². The number of alkyl halides is 3. The molecule has 120 valence electrons. The topological polar surface area (TPSA) is 35.1 Å². The zero-order chi connectivity index (χ0) is 16.0. The van der Waals surface area contributed by atoms with Crippen LogP contribution in [0.4, 0.5) is 0 Å². The minimum Gasteiger partial charge on any atom is -0.466 e. The summed E-state index contributed by atoms with van der Waals surface area (Å²) in [5.41, 5.74) is 1.76. The van der Waals surface area contributed by atoms with Gasteiger partial charge in [0.05, 0.1) is 19.3 Å². The van der Waals surface area contributed by atoms with Crippen molar-refractivity contribution in [1.82, 2.24) is 4.68 Å². The van der Waals surface area contributed by atoms with Gasteiger partial charge in [-0.15, -0.1) is 4.68 Å². The lowest BCUT2D eigenvalue weighted by molar-refractivity contribution is -0.758. The van der Waals surface area contributed by atoms with Crippen LogP contribution in [0, 0.1) is 0 Å². The smallest absolute Gasteiger partial charge is 0.305 e. The lowest BCUT2D eigenvalue weighted by Crippen LogP contribution is -2.43. The number of unbranched alkanes of at least 4 members (excludes halogenated alkanes) is 2. The standard InChI is InChI=1S/C14H22Cl3N2O2/c1-4-21-13(20)9-7-5-6-8-11-10-12(14(15,16)17)19(3)18(11)2/h10H,4-9H2,1-3H3/q+1. The number of ether oxygens (including phenoxy) is 1. The molecule has 0 spiro atoms. The number of rotatable bonds is 7. The van der Waals surface area contributed by atoms with Crippen molar-refractivity contribution in [2.24, 2.45) is 14.1 Å². The number of hydrogen-bond donors (Lipinski definition) is 0. The number of carbonyl (C=O) groups excluding carboxylic acids is 1.